The predicted octanol–water partition coefficient (Wildman–Crippen LogP) is 14.0. The van der Waals surface area contributed by atoms with Crippen LogP contribution in [0.3, 0.4) is 0 Å². The number of furan rings is 1. The molecule has 0 bridgehead atoms. The number of hydrogen-bond donors (Lipinski definition) is 0. The topological polar surface area (TPSA) is 56.7 Å². The molecule has 0 saturated carbocycles. The van der Waals surface area contributed by atoms with E-state index >= 15 is 0 Å². The summed E-state index contributed by atoms with van der Waals surface area (Å²) < 4.78 is 8.83. The van der Waals surface area contributed by atoms with Crippen molar-refractivity contribution in [2.45, 2.75) is 86.9 Å². The van der Waals surface area contributed by atoms with E-state index in [0.29, 0.717) is 11.6 Å². The van der Waals surface area contributed by atoms with E-state index in [9.17, 15) is 0 Å². The number of benzene rings is 5. The van der Waals surface area contributed by atoms with Gasteiger partial charge in [-0.3, -0.25) is 4.98 Å². The normalized spacial score (nSPS) is 11.9. The third kappa shape index (κ3) is 8.90. The van der Waals surface area contributed by atoms with Gasteiger partial charge in [-0.25, -0.2) is 4.98 Å². The molecule has 9 aromatic rings. The first kappa shape index (κ1) is 44.6. The molecule has 0 aliphatic rings. The molecule has 7 heteroatoms. The van der Waals surface area contributed by atoms with E-state index in [1.54, 1.807) is 0 Å². The molecule has 9 rings (SSSR count). The second-order valence-corrected chi connectivity index (χ2v) is 23.9. The molecule has 5 aromatic carbocycles. The quantitative estimate of drug-likeness (QED) is 0.118. The van der Waals surface area contributed by atoms with Gasteiger partial charge in [0.1, 0.15) is 0 Å². The van der Waals surface area contributed by atoms with Gasteiger partial charge in [0.05, 0.1) is 36.2 Å². The average molecular weight is 1010 g/mol. The molecule has 317 valence electrons. The van der Waals surface area contributed by atoms with E-state index in [0.717, 1.165) is 79.0 Å². The number of imidazole rings is 1. The molecule has 0 N–H and O–H groups in total. The van der Waals surface area contributed by atoms with Gasteiger partial charge in [-0.05, 0) is 95.6 Å². The summed E-state index contributed by atoms with van der Waals surface area (Å²) in [7, 11) is -1.34. The molecule has 1 radical (unpaired) electrons. The minimum Gasteiger partial charge on any atom is -0.486 e. The van der Waals surface area contributed by atoms with Crippen molar-refractivity contribution in [1.29, 1.82) is 0 Å². The van der Waals surface area contributed by atoms with Crippen LogP contribution in [0, 0.1) is 38.8 Å². The van der Waals surface area contributed by atoms with Crippen LogP contribution in [0.25, 0.3) is 72.7 Å². The van der Waals surface area contributed by atoms with Crippen molar-refractivity contribution >= 4 is 46.4 Å². The summed E-state index contributed by atoms with van der Waals surface area (Å²) >= 11 is 0. The van der Waals surface area contributed by atoms with E-state index in [2.05, 4.69) is 188 Å². The Morgan fingerprint density at radius 1 is 0.758 bits per heavy atom. The number of aromatic nitrogens is 4. The van der Waals surface area contributed by atoms with Crippen molar-refractivity contribution in [2.24, 2.45) is 5.92 Å². The Bertz CT molecular complexity index is 3000. The summed E-state index contributed by atoms with van der Waals surface area (Å²) in [5, 5.41) is 3.54. The number of nitrogens with zero attached hydrogens (tertiary/aromatic N) is 4. The number of para-hydroxylation sites is 2. The standard InChI is InChI=1S/C37H32N3O.C18H24NSi.Ir/c1-22-10-9-11-23(2)32(22)30-21-20-27-33-24(3)14-19-28(34(33)41-36(27)39-30)35-38-29-12-7-8-13-31(29)40(35)26-17-15-25(16-18-26)37(4,5)6;1-14(2)11-16-12-17(15-9-7-6-8-10-15)19-13-18(16)20(3,4)5;/h7-18,20-21H,1-6H3;6-9,12-14H,11H2,1-5H3;/q2*-1;. The molecule has 0 spiro atoms. The Morgan fingerprint density at radius 3 is 2.13 bits per heavy atom. The molecular weight excluding hydrogens is 953 g/mol. The van der Waals surface area contributed by atoms with Gasteiger partial charge in [-0.2, -0.15) is 0 Å². The predicted molar refractivity (Wildman–Crippen MR) is 259 cm³/mol. The van der Waals surface area contributed by atoms with E-state index in [1.807, 2.05) is 30.3 Å². The van der Waals surface area contributed by atoms with Gasteiger partial charge in [0.15, 0.2) is 0 Å². The second-order valence-electron chi connectivity index (χ2n) is 18.9. The first-order valence-electron chi connectivity index (χ1n) is 21.4. The molecule has 0 fully saturated rings. The van der Waals surface area contributed by atoms with Crippen LogP contribution < -0.4 is 5.19 Å². The van der Waals surface area contributed by atoms with Crippen molar-refractivity contribution in [2.75, 3.05) is 0 Å². The summed E-state index contributed by atoms with van der Waals surface area (Å²) in [6, 6.07) is 46.8. The Balaban J connectivity index is 0.000000233. The van der Waals surface area contributed by atoms with Gasteiger partial charge in [0, 0.05) is 42.9 Å². The Hall–Kier alpha value is -5.46. The largest absolute Gasteiger partial charge is 0.486 e. The van der Waals surface area contributed by atoms with Crippen molar-refractivity contribution < 1.29 is 24.5 Å². The number of fused-ring (bicyclic) bond motifs is 4. The fraction of sp³-hybridized carbons (Fsp3) is 0.255. The Morgan fingerprint density at radius 2 is 1.47 bits per heavy atom. The molecule has 0 aliphatic carbocycles. The molecule has 0 atom stereocenters. The summed E-state index contributed by atoms with van der Waals surface area (Å²) in [5.74, 6) is 1.47. The van der Waals surface area contributed by atoms with Crippen LogP contribution in [-0.2, 0) is 31.9 Å². The zero-order chi connectivity index (χ0) is 43.2. The van der Waals surface area contributed by atoms with Crippen molar-refractivity contribution in [3.8, 4) is 39.6 Å². The van der Waals surface area contributed by atoms with E-state index < -0.39 is 8.07 Å². The van der Waals surface area contributed by atoms with Crippen LogP contribution >= 0.6 is 0 Å². The van der Waals surface area contributed by atoms with E-state index in [1.165, 1.54) is 27.4 Å². The maximum Gasteiger partial charge on any atom is 0.216 e. The third-order valence-electron chi connectivity index (χ3n) is 11.5. The summed E-state index contributed by atoms with van der Waals surface area (Å²) in [5.41, 5.74) is 15.8. The Kier molecular flexibility index (Phi) is 12.7. The molecule has 0 amide bonds. The number of rotatable bonds is 7. The van der Waals surface area contributed by atoms with Crippen LogP contribution in [0.2, 0.25) is 19.6 Å². The summed E-state index contributed by atoms with van der Waals surface area (Å²) in [6.45, 7) is 24.8. The monoisotopic (exact) mass is 1010 g/mol. The minimum atomic E-state index is -1.34. The molecule has 4 aromatic heterocycles. The van der Waals surface area contributed by atoms with E-state index in [4.69, 9.17) is 14.4 Å². The van der Waals surface area contributed by atoms with Gasteiger partial charge in [-0.1, -0.05) is 126 Å². The molecule has 0 aliphatic heterocycles. The van der Waals surface area contributed by atoms with Crippen LogP contribution in [-0.4, -0.2) is 27.6 Å². The van der Waals surface area contributed by atoms with Gasteiger partial charge in [0.2, 0.25) is 5.71 Å². The first-order valence-corrected chi connectivity index (χ1v) is 24.9. The second kappa shape index (κ2) is 17.7. The van der Waals surface area contributed by atoms with Crippen molar-refractivity contribution in [1.82, 2.24) is 19.5 Å². The summed E-state index contributed by atoms with van der Waals surface area (Å²) in [6.07, 6.45) is 3.24. The third-order valence-corrected chi connectivity index (χ3v) is 13.6. The van der Waals surface area contributed by atoms with Gasteiger partial charge < -0.3 is 14.0 Å². The Labute approximate surface area is 382 Å². The number of pyridine rings is 2. The van der Waals surface area contributed by atoms with Crippen LogP contribution in [0.5, 0.6) is 0 Å². The maximum absolute atomic E-state index is 6.62. The fourth-order valence-corrected chi connectivity index (χ4v) is 10.0. The summed E-state index contributed by atoms with van der Waals surface area (Å²) in [4.78, 5) is 14.8. The molecular formula is C55H56IrN4OSi-2. The minimum absolute atomic E-state index is 0. The molecule has 4 heterocycles. The van der Waals surface area contributed by atoms with Crippen molar-refractivity contribution in [3.63, 3.8) is 0 Å². The molecule has 5 nitrogen and oxygen atoms in total. The van der Waals surface area contributed by atoms with Gasteiger partial charge in [-0.15, -0.1) is 53.6 Å². The number of hydrogen-bond acceptors (Lipinski definition) is 4. The average Bonchev–Trinajstić information content (AvgIpc) is 3.80. The van der Waals surface area contributed by atoms with E-state index in [-0.39, 0.29) is 25.5 Å². The van der Waals surface area contributed by atoms with Crippen molar-refractivity contribution in [3.05, 3.63) is 161 Å². The molecule has 62 heavy (non-hydrogen) atoms. The fourth-order valence-electron chi connectivity index (χ4n) is 8.43. The first-order chi connectivity index (χ1) is 29.1. The van der Waals surface area contributed by atoms with Crippen LogP contribution in [0.1, 0.15) is 62.4 Å². The zero-order valence-corrected chi connectivity index (χ0v) is 41.3. The molecule has 0 unspecified atom stereocenters. The number of aryl methyl sites for hydroxylation is 3. The SMILES string of the molecule is CC(C)Cc1cc(-c2[c-]cccc2)ncc1[Si](C)(C)C.Cc1cccc(C)c1-c1ccc2c(n1)oc1c(-c3nc4ccccc4n3-c3ccc(C(C)(C)C)cc3)[c-]cc(C)c12.[Ir]. The smallest absolute Gasteiger partial charge is 0.216 e. The maximum atomic E-state index is 6.62. The van der Waals surface area contributed by atoms with Gasteiger partial charge >= 0.3 is 0 Å². The van der Waals surface area contributed by atoms with Crippen LogP contribution in [0.4, 0.5) is 0 Å². The van der Waals surface area contributed by atoms with Crippen LogP contribution in [0.15, 0.2) is 126 Å². The molecule has 0 saturated heterocycles. The zero-order valence-electron chi connectivity index (χ0n) is 37.9. The van der Waals surface area contributed by atoms with Gasteiger partial charge in [0.25, 0.3) is 0 Å².